The molecule has 2 nitrogen and oxygen atoms in total. The van der Waals surface area contributed by atoms with E-state index in [-0.39, 0.29) is 5.02 Å². The molecule has 1 unspecified atom stereocenters. The van der Waals surface area contributed by atoms with Crippen molar-refractivity contribution in [2.24, 2.45) is 5.73 Å². The van der Waals surface area contributed by atoms with E-state index in [1.54, 1.807) is 6.07 Å². The van der Waals surface area contributed by atoms with Gasteiger partial charge < -0.3 is 5.73 Å². The molecule has 2 rings (SSSR count). The number of hydrogen-bond donors (Lipinski definition) is 1. The van der Waals surface area contributed by atoms with Gasteiger partial charge in [0.15, 0.2) is 0 Å². The Kier molecular flexibility index (Phi) is 3.89. The van der Waals surface area contributed by atoms with Crippen molar-refractivity contribution < 1.29 is 8.78 Å². The van der Waals surface area contributed by atoms with E-state index in [0.29, 0.717) is 17.5 Å². The Labute approximate surface area is 108 Å². The van der Waals surface area contributed by atoms with E-state index >= 15 is 0 Å². The van der Waals surface area contributed by atoms with E-state index in [2.05, 4.69) is 4.98 Å². The van der Waals surface area contributed by atoms with Crippen molar-refractivity contribution in [2.75, 3.05) is 0 Å². The maximum atomic E-state index is 13.3. The number of rotatable bonds is 3. The maximum absolute atomic E-state index is 13.3. The zero-order valence-corrected chi connectivity index (χ0v) is 10.2. The lowest BCUT2D eigenvalue weighted by atomic mass is 10.0. The van der Waals surface area contributed by atoms with Crippen molar-refractivity contribution in [3.8, 4) is 0 Å². The molecule has 94 valence electrons. The van der Waals surface area contributed by atoms with E-state index in [9.17, 15) is 8.78 Å². The highest BCUT2D eigenvalue weighted by atomic mass is 35.5. The van der Waals surface area contributed by atoms with Gasteiger partial charge >= 0.3 is 0 Å². The summed E-state index contributed by atoms with van der Waals surface area (Å²) in [6.07, 6.45) is 3.00. The third kappa shape index (κ3) is 3.03. The molecule has 0 bridgehead atoms. The Hall–Kier alpha value is -1.52. The van der Waals surface area contributed by atoms with Crippen LogP contribution in [0.1, 0.15) is 17.2 Å². The van der Waals surface area contributed by atoms with E-state index < -0.39 is 17.7 Å². The molecule has 1 aromatic carbocycles. The first-order valence-corrected chi connectivity index (χ1v) is 5.74. The molecular weight excluding hydrogens is 258 g/mol. The molecule has 0 fully saturated rings. The zero-order chi connectivity index (χ0) is 13.1. The second-order valence-electron chi connectivity index (χ2n) is 4.00. The maximum Gasteiger partial charge on any atom is 0.142 e. The fraction of sp³-hybridized carbons (Fsp3) is 0.154. The minimum absolute atomic E-state index is 0.0692. The molecule has 18 heavy (non-hydrogen) atoms. The van der Waals surface area contributed by atoms with Gasteiger partial charge in [0.05, 0.1) is 11.2 Å². The van der Waals surface area contributed by atoms with Crippen molar-refractivity contribution >= 4 is 11.6 Å². The predicted molar refractivity (Wildman–Crippen MR) is 66.2 cm³/mol. The molecule has 0 saturated carbocycles. The second kappa shape index (κ2) is 5.42. The van der Waals surface area contributed by atoms with Crippen LogP contribution in [-0.2, 0) is 6.42 Å². The highest BCUT2D eigenvalue weighted by Gasteiger charge is 2.10. The molecule has 1 aromatic heterocycles. The van der Waals surface area contributed by atoms with Gasteiger partial charge in [-0.1, -0.05) is 17.7 Å². The number of nitrogens with zero attached hydrogens (tertiary/aromatic N) is 1. The molecule has 0 saturated heterocycles. The summed E-state index contributed by atoms with van der Waals surface area (Å²) in [6.45, 7) is 0. The largest absolute Gasteiger partial charge is 0.324 e. The van der Waals surface area contributed by atoms with Gasteiger partial charge in [-0.25, -0.2) is 8.78 Å². The van der Waals surface area contributed by atoms with Gasteiger partial charge in [-0.05, 0) is 35.7 Å². The minimum Gasteiger partial charge on any atom is -0.324 e. The van der Waals surface area contributed by atoms with Gasteiger partial charge in [0, 0.05) is 12.2 Å². The van der Waals surface area contributed by atoms with Gasteiger partial charge in [0.25, 0.3) is 0 Å². The van der Waals surface area contributed by atoms with Crippen molar-refractivity contribution in [1.29, 1.82) is 0 Å². The van der Waals surface area contributed by atoms with E-state index in [1.807, 2.05) is 0 Å². The third-order valence-electron chi connectivity index (χ3n) is 2.59. The second-order valence-corrected chi connectivity index (χ2v) is 4.40. The van der Waals surface area contributed by atoms with Crippen LogP contribution in [0.15, 0.2) is 36.7 Å². The lowest BCUT2D eigenvalue weighted by Crippen LogP contribution is -2.14. The monoisotopic (exact) mass is 268 g/mol. The summed E-state index contributed by atoms with van der Waals surface area (Å²) in [5, 5.41) is 0.0692. The van der Waals surface area contributed by atoms with Gasteiger partial charge in [0.1, 0.15) is 11.6 Å². The lowest BCUT2D eigenvalue weighted by molar-refractivity contribution is 0.608. The normalized spacial score (nSPS) is 12.4. The van der Waals surface area contributed by atoms with Crippen LogP contribution in [0.4, 0.5) is 8.78 Å². The number of halogens is 3. The van der Waals surface area contributed by atoms with Crippen molar-refractivity contribution in [3.05, 3.63) is 64.4 Å². The van der Waals surface area contributed by atoms with Crippen molar-refractivity contribution in [3.63, 3.8) is 0 Å². The van der Waals surface area contributed by atoms with Crippen molar-refractivity contribution in [1.82, 2.24) is 4.98 Å². The lowest BCUT2D eigenvalue weighted by Gasteiger charge is -2.12. The fourth-order valence-corrected chi connectivity index (χ4v) is 1.79. The number of aromatic nitrogens is 1. The minimum atomic E-state index is -0.487. The molecule has 0 amide bonds. The summed E-state index contributed by atoms with van der Waals surface area (Å²) in [7, 11) is 0. The summed E-state index contributed by atoms with van der Waals surface area (Å²) in [6, 6.07) is 5.38. The predicted octanol–water partition coefficient (Wildman–Crippen LogP) is 3.26. The molecular formula is C13H11ClF2N2. The molecule has 1 atom stereocenters. The molecule has 0 aliphatic heterocycles. The molecule has 5 heteroatoms. The summed E-state index contributed by atoms with van der Waals surface area (Å²) in [5.74, 6) is -0.927. The van der Waals surface area contributed by atoms with Crippen LogP contribution in [0.5, 0.6) is 0 Å². The number of benzene rings is 1. The van der Waals surface area contributed by atoms with Crippen LogP contribution in [0.25, 0.3) is 0 Å². The van der Waals surface area contributed by atoms with Crippen LogP contribution in [0, 0.1) is 11.6 Å². The van der Waals surface area contributed by atoms with E-state index in [4.69, 9.17) is 17.3 Å². The first-order valence-electron chi connectivity index (χ1n) is 5.36. The first kappa shape index (κ1) is 12.9. The van der Waals surface area contributed by atoms with Gasteiger partial charge in [-0.3, -0.25) is 4.98 Å². The molecule has 2 aromatic rings. The standard InChI is InChI=1S/C13H11ClF2N2/c14-11-2-1-8(3-12(11)16)4-13(17)9-5-10(15)7-18-6-9/h1-3,5-7,13H,4,17H2. The van der Waals surface area contributed by atoms with Gasteiger partial charge in [0.2, 0.25) is 0 Å². The molecule has 0 aliphatic carbocycles. The van der Waals surface area contributed by atoms with E-state index in [0.717, 1.165) is 6.20 Å². The van der Waals surface area contributed by atoms with Crippen LogP contribution in [0.2, 0.25) is 5.02 Å². The Balaban J connectivity index is 2.16. The zero-order valence-electron chi connectivity index (χ0n) is 9.41. The van der Waals surface area contributed by atoms with Crippen LogP contribution < -0.4 is 5.73 Å². The highest BCUT2D eigenvalue weighted by molar-refractivity contribution is 6.30. The quantitative estimate of drug-likeness (QED) is 0.928. The Morgan fingerprint density at radius 3 is 2.67 bits per heavy atom. The third-order valence-corrected chi connectivity index (χ3v) is 2.90. The Morgan fingerprint density at radius 2 is 2.00 bits per heavy atom. The molecule has 1 heterocycles. The van der Waals surface area contributed by atoms with Crippen molar-refractivity contribution in [2.45, 2.75) is 12.5 Å². The van der Waals surface area contributed by atoms with E-state index in [1.165, 1.54) is 24.4 Å². The number of hydrogen-bond acceptors (Lipinski definition) is 2. The smallest absolute Gasteiger partial charge is 0.142 e. The summed E-state index contributed by atoms with van der Waals surface area (Å²) < 4.78 is 26.2. The topological polar surface area (TPSA) is 38.9 Å². The van der Waals surface area contributed by atoms with Crippen LogP contribution >= 0.6 is 11.6 Å². The summed E-state index contributed by atoms with van der Waals surface area (Å²) in [4.78, 5) is 3.73. The fourth-order valence-electron chi connectivity index (χ4n) is 1.67. The average Bonchev–Trinajstić information content (AvgIpc) is 2.34. The average molecular weight is 269 g/mol. The van der Waals surface area contributed by atoms with Crippen LogP contribution in [-0.4, -0.2) is 4.98 Å². The van der Waals surface area contributed by atoms with Gasteiger partial charge in [-0.2, -0.15) is 0 Å². The molecule has 0 spiro atoms. The summed E-state index contributed by atoms with van der Waals surface area (Å²) >= 11 is 5.59. The van der Waals surface area contributed by atoms with Gasteiger partial charge in [-0.15, -0.1) is 0 Å². The molecule has 0 radical (unpaired) electrons. The number of pyridine rings is 1. The SMILES string of the molecule is NC(Cc1ccc(Cl)c(F)c1)c1cncc(F)c1. The number of nitrogens with two attached hydrogens (primary N) is 1. The highest BCUT2D eigenvalue weighted by Crippen LogP contribution is 2.20. The summed E-state index contributed by atoms with van der Waals surface area (Å²) in [5.41, 5.74) is 7.20. The Morgan fingerprint density at radius 1 is 1.22 bits per heavy atom. The first-order chi connectivity index (χ1) is 8.56. The molecule has 2 N–H and O–H groups in total. The van der Waals surface area contributed by atoms with Crippen LogP contribution in [0.3, 0.4) is 0 Å². The molecule has 0 aliphatic rings. The Bertz CT molecular complexity index is 560.